The average Bonchev–Trinajstić information content (AvgIpc) is 2.79. The standard InChI is InChI=1S/C15H17N3O2/c1-15(2)7-8-18(9-15)14(20)12-10-5-3-4-6-11(10)13(19)17-16-12/h3-6H,7-9H2,1-2H3,(H,17,19). The van der Waals surface area contributed by atoms with Crippen LogP contribution >= 0.6 is 0 Å². The third-order valence-corrected chi connectivity index (χ3v) is 3.86. The number of carbonyl (C=O) groups excluding carboxylic acids is 1. The van der Waals surface area contributed by atoms with E-state index >= 15 is 0 Å². The van der Waals surface area contributed by atoms with Crippen LogP contribution in [0.25, 0.3) is 10.8 Å². The number of fused-ring (bicyclic) bond motifs is 1. The minimum Gasteiger partial charge on any atom is -0.337 e. The van der Waals surface area contributed by atoms with Crippen LogP contribution in [0.15, 0.2) is 29.1 Å². The fourth-order valence-corrected chi connectivity index (χ4v) is 2.71. The summed E-state index contributed by atoms with van der Waals surface area (Å²) >= 11 is 0. The van der Waals surface area contributed by atoms with E-state index in [-0.39, 0.29) is 16.9 Å². The molecule has 2 heterocycles. The highest BCUT2D eigenvalue weighted by atomic mass is 16.2. The molecule has 104 valence electrons. The van der Waals surface area contributed by atoms with E-state index in [2.05, 4.69) is 24.0 Å². The number of hydrogen-bond donors (Lipinski definition) is 1. The van der Waals surface area contributed by atoms with Crippen molar-refractivity contribution in [3.05, 3.63) is 40.3 Å². The first-order valence-corrected chi connectivity index (χ1v) is 6.75. The number of aromatic nitrogens is 2. The second-order valence-corrected chi connectivity index (χ2v) is 6.09. The summed E-state index contributed by atoms with van der Waals surface area (Å²) in [4.78, 5) is 26.1. The highest BCUT2D eigenvalue weighted by Gasteiger charge is 2.33. The zero-order valence-electron chi connectivity index (χ0n) is 11.6. The van der Waals surface area contributed by atoms with Crippen LogP contribution in [-0.4, -0.2) is 34.1 Å². The third kappa shape index (κ3) is 2.09. The predicted molar refractivity (Wildman–Crippen MR) is 76.7 cm³/mol. The Morgan fingerprint density at radius 1 is 1.30 bits per heavy atom. The summed E-state index contributed by atoms with van der Waals surface area (Å²) in [6.45, 7) is 5.76. The van der Waals surface area contributed by atoms with E-state index in [4.69, 9.17) is 0 Å². The summed E-state index contributed by atoms with van der Waals surface area (Å²) in [5, 5.41) is 7.51. The van der Waals surface area contributed by atoms with Gasteiger partial charge in [0.05, 0.1) is 5.39 Å². The number of aromatic amines is 1. The Balaban J connectivity index is 2.05. The molecule has 1 aromatic carbocycles. The number of nitrogens with zero attached hydrogens (tertiary/aromatic N) is 2. The molecule has 5 nitrogen and oxygen atoms in total. The number of benzene rings is 1. The van der Waals surface area contributed by atoms with Gasteiger partial charge in [-0.1, -0.05) is 32.0 Å². The van der Waals surface area contributed by atoms with Crippen molar-refractivity contribution in [2.45, 2.75) is 20.3 Å². The molecule has 1 aliphatic rings. The zero-order chi connectivity index (χ0) is 14.3. The van der Waals surface area contributed by atoms with Crippen molar-refractivity contribution in [1.29, 1.82) is 0 Å². The van der Waals surface area contributed by atoms with E-state index < -0.39 is 0 Å². The summed E-state index contributed by atoms with van der Waals surface area (Å²) in [7, 11) is 0. The number of hydrogen-bond acceptors (Lipinski definition) is 3. The van der Waals surface area contributed by atoms with Crippen molar-refractivity contribution in [3.63, 3.8) is 0 Å². The molecule has 0 radical (unpaired) electrons. The third-order valence-electron chi connectivity index (χ3n) is 3.86. The van der Waals surface area contributed by atoms with Crippen molar-refractivity contribution < 1.29 is 4.79 Å². The van der Waals surface area contributed by atoms with E-state index in [1.807, 2.05) is 11.0 Å². The lowest BCUT2D eigenvalue weighted by Crippen LogP contribution is -2.32. The van der Waals surface area contributed by atoms with Crippen LogP contribution in [0.4, 0.5) is 0 Å². The summed E-state index contributed by atoms with van der Waals surface area (Å²) in [5.41, 5.74) is 0.213. The molecule has 2 aromatic rings. The maximum absolute atomic E-state index is 12.6. The first-order valence-electron chi connectivity index (χ1n) is 6.75. The van der Waals surface area contributed by atoms with Crippen molar-refractivity contribution in [2.24, 2.45) is 5.41 Å². The lowest BCUT2D eigenvalue weighted by molar-refractivity contribution is 0.0773. The molecular formula is C15H17N3O2. The number of nitrogens with one attached hydrogen (secondary N) is 1. The van der Waals surface area contributed by atoms with Gasteiger partial charge in [0.15, 0.2) is 5.69 Å². The smallest absolute Gasteiger partial charge is 0.274 e. The number of carbonyl (C=O) groups is 1. The molecule has 1 aliphatic heterocycles. The molecule has 0 spiro atoms. The molecule has 0 atom stereocenters. The van der Waals surface area contributed by atoms with Gasteiger partial charge < -0.3 is 4.90 Å². The number of amides is 1. The van der Waals surface area contributed by atoms with Crippen molar-refractivity contribution in [1.82, 2.24) is 15.1 Å². The van der Waals surface area contributed by atoms with Gasteiger partial charge in [-0.25, -0.2) is 5.10 Å². The van der Waals surface area contributed by atoms with Gasteiger partial charge in [-0.15, -0.1) is 0 Å². The van der Waals surface area contributed by atoms with Crippen LogP contribution in [-0.2, 0) is 0 Å². The molecular weight excluding hydrogens is 254 g/mol. The zero-order valence-corrected chi connectivity index (χ0v) is 11.6. The van der Waals surface area contributed by atoms with Gasteiger partial charge in [-0.2, -0.15) is 5.10 Å². The highest BCUT2D eigenvalue weighted by molar-refractivity contribution is 6.04. The Morgan fingerprint density at radius 3 is 2.65 bits per heavy atom. The lowest BCUT2D eigenvalue weighted by atomic mass is 9.93. The van der Waals surface area contributed by atoms with Crippen LogP contribution in [0.2, 0.25) is 0 Å². The molecule has 3 rings (SSSR count). The monoisotopic (exact) mass is 271 g/mol. The molecule has 1 saturated heterocycles. The van der Waals surface area contributed by atoms with Gasteiger partial charge >= 0.3 is 0 Å². The molecule has 0 saturated carbocycles. The van der Waals surface area contributed by atoms with Gasteiger partial charge in [0, 0.05) is 18.5 Å². The number of H-pyrrole nitrogens is 1. The highest BCUT2D eigenvalue weighted by Crippen LogP contribution is 2.30. The Labute approximate surface area is 116 Å². The minimum atomic E-state index is -0.265. The van der Waals surface area contributed by atoms with E-state index in [9.17, 15) is 9.59 Å². The second kappa shape index (κ2) is 4.44. The maximum Gasteiger partial charge on any atom is 0.274 e. The van der Waals surface area contributed by atoms with Gasteiger partial charge in [0.2, 0.25) is 0 Å². The Bertz CT molecular complexity index is 733. The molecule has 1 N–H and O–H groups in total. The quantitative estimate of drug-likeness (QED) is 0.860. The predicted octanol–water partition coefficient (Wildman–Crippen LogP) is 1.80. The second-order valence-electron chi connectivity index (χ2n) is 6.09. The van der Waals surface area contributed by atoms with Crippen LogP contribution in [0.5, 0.6) is 0 Å². The molecule has 5 heteroatoms. The van der Waals surface area contributed by atoms with E-state index in [0.717, 1.165) is 19.5 Å². The van der Waals surface area contributed by atoms with Crippen molar-refractivity contribution >= 4 is 16.7 Å². The minimum absolute atomic E-state index is 0.108. The molecule has 0 bridgehead atoms. The fourth-order valence-electron chi connectivity index (χ4n) is 2.71. The van der Waals surface area contributed by atoms with E-state index in [1.54, 1.807) is 18.2 Å². The number of likely N-dealkylation sites (tertiary alicyclic amines) is 1. The SMILES string of the molecule is CC1(C)CCN(C(=O)c2n[nH]c(=O)c3ccccc23)C1. The van der Waals surface area contributed by atoms with Crippen LogP contribution in [0, 0.1) is 5.41 Å². The summed E-state index contributed by atoms with van der Waals surface area (Å²) in [5.74, 6) is -0.108. The normalized spacial score (nSPS) is 17.6. The Hall–Kier alpha value is -2.17. The molecule has 0 aliphatic carbocycles. The van der Waals surface area contributed by atoms with Gasteiger partial charge in [-0.05, 0) is 17.9 Å². The summed E-state index contributed by atoms with van der Waals surface area (Å²) in [6, 6.07) is 7.07. The molecule has 1 fully saturated rings. The molecule has 0 unspecified atom stereocenters. The van der Waals surface area contributed by atoms with Crippen molar-refractivity contribution in [2.75, 3.05) is 13.1 Å². The summed E-state index contributed by atoms with van der Waals surface area (Å²) in [6.07, 6.45) is 0.986. The van der Waals surface area contributed by atoms with E-state index in [0.29, 0.717) is 16.5 Å². The molecule has 1 amide bonds. The van der Waals surface area contributed by atoms with Crippen LogP contribution < -0.4 is 5.56 Å². The van der Waals surface area contributed by atoms with Crippen LogP contribution in [0.1, 0.15) is 30.8 Å². The first-order chi connectivity index (χ1) is 9.48. The van der Waals surface area contributed by atoms with Gasteiger partial charge in [-0.3, -0.25) is 9.59 Å². The molecule has 1 aromatic heterocycles. The number of rotatable bonds is 1. The van der Waals surface area contributed by atoms with Gasteiger partial charge in [0.25, 0.3) is 11.5 Å². The largest absolute Gasteiger partial charge is 0.337 e. The topological polar surface area (TPSA) is 66.1 Å². The molecule has 20 heavy (non-hydrogen) atoms. The van der Waals surface area contributed by atoms with Gasteiger partial charge in [0.1, 0.15) is 0 Å². The van der Waals surface area contributed by atoms with E-state index in [1.165, 1.54) is 0 Å². The first kappa shape index (κ1) is 12.8. The van der Waals surface area contributed by atoms with Crippen molar-refractivity contribution in [3.8, 4) is 0 Å². The average molecular weight is 271 g/mol. The van der Waals surface area contributed by atoms with Crippen LogP contribution in [0.3, 0.4) is 0 Å². The maximum atomic E-state index is 12.6. The summed E-state index contributed by atoms with van der Waals surface area (Å²) < 4.78 is 0. The Morgan fingerprint density at radius 2 is 2.00 bits per heavy atom. The Kier molecular flexibility index (Phi) is 2.85. The lowest BCUT2D eigenvalue weighted by Gasteiger charge is -2.19. The fraction of sp³-hybridized carbons (Fsp3) is 0.400.